The zero-order chi connectivity index (χ0) is 16.0. The van der Waals surface area contributed by atoms with Gasteiger partial charge in [0.1, 0.15) is 5.78 Å². The highest BCUT2D eigenvalue weighted by molar-refractivity contribution is 5.80. The molecule has 1 heterocycles. The van der Waals surface area contributed by atoms with E-state index in [9.17, 15) is 4.79 Å². The van der Waals surface area contributed by atoms with E-state index in [2.05, 4.69) is 50.0 Å². The number of rotatable bonds is 6. The summed E-state index contributed by atoms with van der Waals surface area (Å²) in [7, 11) is 0. The van der Waals surface area contributed by atoms with Crippen LogP contribution in [0.1, 0.15) is 50.3 Å². The van der Waals surface area contributed by atoms with Crippen LogP contribution in [-0.4, -0.2) is 10.8 Å². The molecule has 0 saturated heterocycles. The summed E-state index contributed by atoms with van der Waals surface area (Å²) in [5.74, 6) is 0.317. The Bertz CT molecular complexity index is 594. The zero-order valence-corrected chi connectivity index (χ0v) is 13.8. The molecule has 2 nitrogen and oxygen atoms in total. The van der Waals surface area contributed by atoms with E-state index in [0.29, 0.717) is 18.6 Å². The maximum atomic E-state index is 12.1. The van der Waals surface area contributed by atoms with Gasteiger partial charge in [0.05, 0.1) is 0 Å². The van der Waals surface area contributed by atoms with E-state index in [-0.39, 0.29) is 5.41 Å². The average molecular weight is 295 g/mol. The minimum absolute atomic E-state index is 0.160. The fourth-order valence-electron chi connectivity index (χ4n) is 2.48. The second-order valence-corrected chi connectivity index (χ2v) is 6.87. The van der Waals surface area contributed by atoms with Gasteiger partial charge in [0.25, 0.3) is 0 Å². The number of carbonyl (C=O) groups is 1. The molecule has 0 N–H and O–H groups in total. The Morgan fingerprint density at radius 3 is 2.18 bits per heavy atom. The Morgan fingerprint density at radius 1 is 0.955 bits per heavy atom. The van der Waals surface area contributed by atoms with E-state index in [1.165, 1.54) is 11.1 Å². The predicted octanol–water partition coefficient (Wildman–Crippen LogP) is 4.51. The van der Waals surface area contributed by atoms with Gasteiger partial charge in [0.15, 0.2) is 0 Å². The van der Waals surface area contributed by atoms with Crippen molar-refractivity contribution in [1.29, 1.82) is 0 Å². The lowest BCUT2D eigenvalue weighted by atomic mass is 9.86. The zero-order valence-electron chi connectivity index (χ0n) is 13.8. The lowest BCUT2D eigenvalue weighted by Crippen LogP contribution is -2.11. The van der Waals surface area contributed by atoms with Crippen LogP contribution in [0.15, 0.2) is 48.8 Å². The van der Waals surface area contributed by atoms with Gasteiger partial charge >= 0.3 is 0 Å². The van der Waals surface area contributed by atoms with Crippen molar-refractivity contribution in [2.24, 2.45) is 0 Å². The van der Waals surface area contributed by atoms with Crippen molar-refractivity contribution in [3.8, 4) is 0 Å². The number of aryl methyl sites for hydroxylation is 1. The van der Waals surface area contributed by atoms with Crippen molar-refractivity contribution in [2.45, 2.75) is 51.9 Å². The summed E-state index contributed by atoms with van der Waals surface area (Å²) < 4.78 is 0. The van der Waals surface area contributed by atoms with Crippen LogP contribution in [0.3, 0.4) is 0 Å². The minimum Gasteiger partial charge on any atom is -0.299 e. The first-order valence-electron chi connectivity index (χ1n) is 7.95. The third kappa shape index (κ3) is 5.10. The number of nitrogens with zero attached hydrogens (tertiary/aromatic N) is 1. The highest BCUT2D eigenvalue weighted by Gasteiger charge is 2.13. The molecule has 0 aliphatic rings. The predicted molar refractivity (Wildman–Crippen MR) is 91.0 cm³/mol. The number of ketones is 1. The summed E-state index contributed by atoms with van der Waals surface area (Å²) in [6.07, 6.45) is 6.63. The SMILES string of the molecule is CC(C)(C)c1ccc(CC(=O)CCCc2ccncc2)cc1. The summed E-state index contributed by atoms with van der Waals surface area (Å²) >= 11 is 0. The van der Waals surface area contributed by atoms with E-state index in [1.54, 1.807) is 12.4 Å². The van der Waals surface area contributed by atoms with Crippen LogP contribution in [0.2, 0.25) is 0 Å². The largest absolute Gasteiger partial charge is 0.299 e. The number of Topliss-reactive ketones (excluding diaryl/α,β-unsaturated/α-hetero) is 1. The maximum Gasteiger partial charge on any atom is 0.137 e. The number of carbonyl (C=O) groups excluding carboxylic acids is 1. The molecule has 1 aromatic carbocycles. The molecule has 1 aromatic heterocycles. The Labute approximate surface area is 133 Å². The number of aromatic nitrogens is 1. The average Bonchev–Trinajstić information content (AvgIpc) is 2.48. The van der Waals surface area contributed by atoms with Crippen LogP contribution >= 0.6 is 0 Å². The summed E-state index contributed by atoms with van der Waals surface area (Å²) in [5.41, 5.74) is 3.83. The standard InChI is InChI=1S/C20H25NO/c1-20(2,3)18-9-7-17(8-10-18)15-19(22)6-4-5-16-11-13-21-14-12-16/h7-14H,4-6,15H2,1-3H3. The van der Waals surface area contributed by atoms with Crippen LogP contribution in [0.5, 0.6) is 0 Å². The van der Waals surface area contributed by atoms with Gasteiger partial charge < -0.3 is 0 Å². The summed E-state index contributed by atoms with van der Waals surface area (Å²) in [6, 6.07) is 12.5. The van der Waals surface area contributed by atoms with Crippen molar-refractivity contribution in [2.75, 3.05) is 0 Å². The number of hydrogen-bond donors (Lipinski definition) is 0. The topological polar surface area (TPSA) is 30.0 Å². The molecule has 0 fully saturated rings. The van der Waals surface area contributed by atoms with Crippen molar-refractivity contribution >= 4 is 5.78 Å². The molecule has 116 valence electrons. The highest BCUT2D eigenvalue weighted by atomic mass is 16.1. The Morgan fingerprint density at radius 2 is 1.59 bits per heavy atom. The molecule has 0 radical (unpaired) electrons. The van der Waals surface area contributed by atoms with Gasteiger partial charge in [-0.1, -0.05) is 45.0 Å². The molecule has 0 aliphatic carbocycles. The van der Waals surface area contributed by atoms with Gasteiger partial charge in [-0.2, -0.15) is 0 Å². The summed E-state index contributed by atoms with van der Waals surface area (Å²) in [5, 5.41) is 0. The van der Waals surface area contributed by atoms with Crippen LogP contribution in [0, 0.1) is 0 Å². The number of pyridine rings is 1. The molecular formula is C20H25NO. The lowest BCUT2D eigenvalue weighted by molar-refractivity contribution is -0.118. The molecule has 2 aromatic rings. The van der Waals surface area contributed by atoms with Gasteiger partial charge in [0, 0.05) is 25.2 Å². The fourth-order valence-corrected chi connectivity index (χ4v) is 2.48. The van der Waals surface area contributed by atoms with E-state index >= 15 is 0 Å². The first-order valence-corrected chi connectivity index (χ1v) is 7.95. The van der Waals surface area contributed by atoms with Gasteiger partial charge in [-0.3, -0.25) is 9.78 Å². The van der Waals surface area contributed by atoms with Crippen molar-refractivity contribution in [3.05, 3.63) is 65.5 Å². The van der Waals surface area contributed by atoms with Gasteiger partial charge in [-0.15, -0.1) is 0 Å². The third-order valence-electron chi connectivity index (χ3n) is 3.89. The first kappa shape index (κ1) is 16.4. The molecule has 0 spiro atoms. The molecule has 0 saturated carbocycles. The van der Waals surface area contributed by atoms with Crippen molar-refractivity contribution in [1.82, 2.24) is 4.98 Å². The van der Waals surface area contributed by atoms with Crippen molar-refractivity contribution in [3.63, 3.8) is 0 Å². The van der Waals surface area contributed by atoms with Gasteiger partial charge in [0.2, 0.25) is 0 Å². The molecular weight excluding hydrogens is 270 g/mol. The molecule has 0 unspecified atom stereocenters. The van der Waals surface area contributed by atoms with Gasteiger partial charge in [-0.05, 0) is 47.1 Å². The monoisotopic (exact) mass is 295 g/mol. The molecule has 0 amide bonds. The second-order valence-electron chi connectivity index (χ2n) is 6.87. The number of benzene rings is 1. The van der Waals surface area contributed by atoms with E-state index in [0.717, 1.165) is 18.4 Å². The third-order valence-corrected chi connectivity index (χ3v) is 3.89. The number of hydrogen-bond acceptors (Lipinski definition) is 2. The molecule has 2 rings (SSSR count). The molecule has 2 heteroatoms. The Kier molecular flexibility index (Phi) is 5.48. The molecule has 0 atom stereocenters. The minimum atomic E-state index is 0.160. The smallest absolute Gasteiger partial charge is 0.137 e. The van der Waals surface area contributed by atoms with Crippen LogP contribution in [-0.2, 0) is 23.1 Å². The van der Waals surface area contributed by atoms with Crippen LogP contribution in [0.25, 0.3) is 0 Å². The van der Waals surface area contributed by atoms with Crippen LogP contribution < -0.4 is 0 Å². The van der Waals surface area contributed by atoms with Crippen molar-refractivity contribution < 1.29 is 4.79 Å². The molecule has 0 aliphatic heterocycles. The van der Waals surface area contributed by atoms with Gasteiger partial charge in [-0.25, -0.2) is 0 Å². The van der Waals surface area contributed by atoms with Crippen LogP contribution in [0.4, 0.5) is 0 Å². The van der Waals surface area contributed by atoms with E-state index in [1.807, 2.05) is 12.1 Å². The summed E-state index contributed by atoms with van der Waals surface area (Å²) in [4.78, 5) is 16.1. The molecule has 0 bridgehead atoms. The second kappa shape index (κ2) is 7.35. The fraction of sp³-hybridized carbons (Fsp3) is 0.400. The van der Waals surface area contributed by atoms with E-state index < -0.39 is 0 Å². The summed E-state index contributed by atoms with van der Waals surface area (Å²) in [6.45, 7) is 6.60. The Hall–Kier alpha value is -1.96. The quantitative estimate of drug-likeness (QED) is 0.784. The maximum absolute atomic E-state index is 12.1. The normalized spacial score (nSPS) is 11.4. The first-order chi connectivity index (χ1) is 10.4. The van der Waals surface area contributed by atoms with E-state index in [4.69, 9.17) is 0 Å². The lowest BCUT2D eigenvalue weighted by Gasteiger charge is -2.19. The molecule has 22 heavy (non-hydrogen) atoms. The highest BCUT2D eigenvalue weighted by Crippen LogP contribution is 2.22. The Balaban J connectivity index is 1.79.